The van der Waals surface area contributed by atoms with Gasteiger partial charge < -0.3 is 28.8 Å². The van der Waals surface area contributed by atoms with E-state index in [0.717, 1.165) is 51.4 Å². The van der Waals surface area contributed by atoms with Gasteiger partial charge in [0.1, 0.15) is 13.2 Å². The number of phosphoric ester groups is 1. The highest BCUT2D eigenvalue weighted by Crippen LogP contribution is 2.38. The lowest BCUT2D eigenvalue weighted by molar-refractivity contribution is -0.870. The fourth-order valence-electron chi connectivity index (χ4n) is 6.65. The number of carbonyl (C=O) groups excluding carboxylic acids is 1. The number of rotatable bonds is 43. The van der Waals surface area contributed by atoms with E-state index in [0.29, 0.717) is 17.4 Å². The van der Waals surface area contributed by atoms with Crippen molar-refractivity contribution in [1.82, 2.24) is 5.32 Å². The normalized spacial score (nSPS) is 14.7. The highest BCUT2D eigenvalue weighted by Gasteiger charge is 2.23. The SMILES string of the molecule is CCCCC/C=C/CC/C=C/CC/C=C/C(O)C(COP(=O)([O-])OCC[N+](C)(C)C)NC(=O)CCCCCCCCCCCCC/C=C\CCCCCCCCCC. The Morgan fingerprint density at radius 1 is 0.586 bits per heavy atom. The fraction of sp³-hybridized carbons (Fsp3) is 0.816. The van der Waals surface area contributed by atoms with Gasteiger partial charge in [-0.05, 0) is 70.6 Å². The Hall–Kier alpha value is -1.54. The summed E-state index contributed by atoms with van der Waals surface area (Å²) < 4.78 is 23.2. The van der Waals surface area contributed by atoms with E-state index in [1.165, 1.54) is 135 Å². The summed E-state index contributed by atoms with van der Waals surface area (Å²) in [6.45, 7) is 4.58. The summed E-state index contributed by atoms with van der Waals surface area (Å²) in [5, 5.41) is 13.8. The van der Waals surface area contributed by atoms with Crippen molar-refractivity contribution in [3.05, 3.63) is 48.6 Å². The second kappa shape index (κ2) is 40.8. The Bertz CT molecular complexity index is 1090. The van der Waals surface area contributed by atoms with E-state index in [4.69, 9.17) is 9.05 Å². The molecule has 9 heteroatoms. The summed E-state index contributed by atoms with van der Waals surface area (Å²) in [5.74, 6) is -0.214. The molecule has 3 atom stereocenters. The van der Waals surface area contributed by atoms with Gasteiger partial charge in [-0.15, -0.1) is 0 Å². The van der Waals surface area contributed by atoms with Crippen LogP contribution in [0.2, 0.25) is 0 Å². The number of nitrogens with zero attached hydrogens (tertiary/aromatic N) is 1. The van der Waals surface area contributed by atoms with Crippen LogP contribution >= 0.6 is 7.82 Å². The van der Waals surface area contributed by atoms with Gasteiger partial charge in [0, 0.05) is 6.42 Å². The molecule has 340 valence electrons. The van der Waals surface area contributed by atoms with Gasteiger partial charge in [0.05, 0.1) is 39.9 Å². The number of likely N-dealkylation sites (N-methyl/N-ethyl adjacent to an activating group) is 1. The summed E-state index contributed by atoms with van der Waals surface area (Å²) >= 11 is 0. The van der Waals surface area contributed by atoms with Crippen molar-refractivity contribution >= 4 is 13.7 Å². The molecule has 0 aromatic carbocycles. The van der Waals surface area contributed by atoms with Gasteiger partial charge in [0.25, 0.3) is 7.82 Å². The van der Waals surface area contributed by atoms with Gasteiger partial charge in [-0.25, -0.2) is 0 Å². The van der Waals surface area contributed by atoms with Gasteiger partial charge in [-0.2, -0.15) is 0 Å². The fourth-order valence-corrected chi connectivity index (χ4v) is 7.37. The average molecular weight is 837 g/mol. The average Bonchev–Trinajstić information content (AvgIpc) is 3.17. The number of aliphatic hydroxyl groups is 1. The topological polar surface area (TPSA) is 108 Å². The van der Waals surface area contributed by atoms with Crippen LogP contribution in [0.15, 0.2) is 48.6 Å². The van der Waals surface area contributed by atoms with E-state index in [-0.39, 0.29) is 12.5 Å². The number of hydrogen-bond donors (Lipinski definition) is 2. The minimum Gasteiger partial charge on any atom is -0.756 e. The van der Waals surface area contributed by atoms with E-state index in [9.17, 15) is 19.4 Å². The number of aliphatic hydroxyl groups excluding tert-OH is 1. The molecule has 0 aromatic rings. The minimum absolute atomic E-state index is 0.00985. The molecule has 0 spiro atoms. The molecule has 0 aliphatic heterocycles. The first-order chi connectivity index (χ1) is 28.0. The van der Waals surface area contributed by atoms with Crippen LogP contribution in [0.1, 0.15) is 206 Å². The number of unbranched alkanes of at least 4 members (excludes halogenated alkanes) is 24. The maximum absolute atomic E-state index is 12.9. The molecule has 3 unspecified atom stereocenters. The zero-order valence-corrected chi connectivity index (χ0v) is 39.4. The highest BCUT2D eigenvalue weighted by molar-refractivity contribution is 7.45. The van der Waals surface area contributed by atoms with E-state index < -0.39 is 26.6 Å². The van der Waals surface area contributed by atoms with Crippen molar-refractivity contribution in [2.24, 2.45) is 0 Å². The van der Waals surface area contributed by atoms with Crippen molar-refractivity contribution < 1.29 is 32.9 Å². The number of nitrogens with one attached hydrogen (secondary N) is 1. The second-order valence-electron chi connectivity index (χ2n) is 17.4. The maximum atomic E-state index is 12.9. The zero-order valence-electron chi connectivity index (χ0n) is 38.5. The molecule has 0 fully saturated rings. The molecule has 0 saturated heterocycles. The molecule has 0 saturated carbocycles. The molecule has 1 amide bonds. The Kier molecular flexibility index (Phi) is 39.8. The lowest BCUT2D eigenvalue weighted by atomic mass is 10.0. The third-order valence-electron chi connectivity index (χ3n) is 10.5. The van der Waals surface area contributed by atoms with Crippen LogP contribution in [-0.4, -0.2) is 68.5 Å². The first kappa shape index (κ1) is 56.5. The smallest absolute Gasteiger partial charge is 0.268 e. The molecular weight excluding hydrogens is 744 g/mol. The number of hydrogen-bond acceptors (Lipinski definition) is 6. The van der Waals surface area contributed by atoms with E-state index in [1.54, 1.807) is 6.08 Å². The van der Waals surface area contributed by atoms with Crippen LogP contribution in [0.3, 0.4) is 0 Å². The van der Waals surface area contributed by atoms with Gasteiger partial charge in [0.15, 0.2) is 0 Å². The van der Waals surface area contributed by atoms with Crippen molar-refractivity contribution in [1.29, 1.82) is 0 Å². The van der Waals surface area contributed by atoms with Gasteiger partial charge in [0.2, 0.25) is 5.91 Å². The number of allylic oxidation sites excluding steroid dienone is 7. The third kappa shape index (κ3) is 42.6. The molecule has 2 N–H and O–H groups in total. The molecule has 0 heterocycles. The van der Waals surface area contributed by atoms with Gasteiger partial charge >= 0.3 is 0 Å². The summed E-state index contributed by atoms with van der Waals surface area (Å²) in [6, 6.07) is -0.909. The molecular formula is C49H93N2O6P. The Morgan fingerprint density at radius 3 is 1.43 bits per heavy atom. The summed E-state index contributed by atoms with van der Waals surface area (Å²) in [6.07, 6.45) is 51.7. The zero-order chi connectivity index (χ0) is 42.8. The minimum atomic E-state index is -4.60. The molecule has 0 aromatic heterocycles. The van der Waals surface area contributed by atoms with Crippen LogP contribution in [-0.2, 0) is 18.4 Å². The monoisotopic (exact) mass is 837 g/mol. The first-order valence-corrected chi connectivity index (χ1v) is 25.5. The van der Waals surface area contributed by atoms with Crippen LogP contribution in [0.25, 0.3) is 0 Å². The summed E-state index contributed by atoms with van der Waals surface area (Å²) in [5.41, 5.74) is 0. The molecule has 58 heavy (non-hydrogen) atoms. The molecule has 0 rings (SSSR count). The molecule has 8 nitrogen and oxygen atoms in total. The van der Waals surface area contributed by atoms with Crippen LogP contribution < -0.4 is 10.2 Å². The molecule has 0 aliphatic rings. The lowest BCUT2D eigenvalue weighted by Gasteiger charge is -2.29. The predicted molar refractivity (Wildman–Crippen MR) is 247 cm³/mol. The van der Waals surface area contributed by atoms with Crippen LogP contribution in [0.4, 0.5) is 0 Å². The Balaban J connectivity index is 4.31. The molecule has 0 bridgehead atoms. The largest absolute Gasteiger partial charge is 0.756 e. The molecule has 0 aliphatic carbocycles. The quantitative estimate of drug-likeness (QED) is 0.0274. The van der Waals surface area contributed by atoms with Crippen LogP contribution in [0, 0.1) is 0 Å². The lowest BCUT2D eigenvalue weighted by Crippen LogP contribution is -2.45. The Labute approximate surface area is 359 Å². The predicted octanol–water partition coefficient (Wildman–Crippen LogP) is 13.0. The van der Waals surface area contributed by atoms with Crippen molar-refractivity contribution in [2.75, 3.05) is 40.9 Å². The van der Waals surface area contributed by atoms with E-state index in [2.05, 4.69) is 55.6 Å². The Morgan fingerprint density at radius 2 is 0.966 bits per heavy atom. The molecule has 0 radical (unpaired) electrons. The van der Waals surface area contributed by atoms with E-state index in [1.807, 2.05) is 27.2 Å². The summed E-state index contributed by atoms with van der Waals surface area (Å²) in [4.78, 5) is 25.3. The standard InChI is InChI=1S/C49H93N2O6P/c1-6-8-10-12-14-16-18-20-21-22-23-24-25-26-27-28-29-31-33-35-37-39-41-43-49(53)50-47(46-57-58(54,55)56-45-44-51(3,4)5)48(52)42-40-38-36-34-32-30-19-17-15-13-11-9-7-2/h15,17,22-23,32,34,40,42,47-48,52H,6-14,16,18-21,24-31,33,35-39,41,43-46H2,1-5H3,(H-,50,53,54,55)/b17-15+,23-22-,34-32+,42-40+. The van der Waals surface area contributed by atoms with Gasteiger partial charge in [-0.1, -0.05) is 178 Å². The van der Waals surface area contributed by atoms with Crippen molar-refractivity contribution in [2.45, 2.75) is 219 Å². The first-order valence-electron chi connectivity index (χ1n) is 24.0. The van der Waals surface area contributed by atoms with Crippen molar-refractivity contribution in [3.63, 3.8) is 0 Å². The summed E-state index contributed by atoms with van der Waals surface area (Å²) in [7, 11) is 1.23. The maximum Gasteiger partial charge on any atom is 0.268 e. The second-order valence-corrected chi connectivity index (χ2v) is 18.8. The third-order valence-corrected chi connectivity index (χ3v) is 11.5. The van der Waals surface area contributed by atoms with Gasteiger partial charge in [-0.3, -0.25) is 9.36 Å². The number of carbonyl (C=O) groups is 1. The highest BCUT2D eigenvalue weighted by atomic mass is 31.2. The number of amides is 1. The van der Waals surface area contributed by atoms with Crippen LogP contribution in [0.5, 0.6) is 0 Å². The number of quaternary nitrogens is 1. The number of phosphoric acid groups is 1. The van der Waals surface area contributed by atoms with E-state index >= 15 is 0 Å². The van der Waals surface area contributed by atoms with Crippen molar-refractivity contribution in [3.8, 4) is 0 Å².